The van der Waals surface area contributed by atoms with Gasteiger partial charge in [0.25, 0.3) is 0 Å². The Morgan fingerprint density at radius 1 is 1.21 bits per heavy atom. The van der Waals surface area contributed by atoms with E-state index in [9.17, 15) is 4.79 Å². The Balaban J connectivity index is 2.12. The van der Waals surface area contributed by atoms with E-state index >= 15 is 0 Å². The van der Waals surface area contributed by atoms with Crippen LogP contribution in [0.5, 0.6) is 0 Å². The second-order valence-electron chi connectivity index (χ2n) is 7.81. The standard InChI is InChI=1S/C19H31N3O2/c1-19(2,3)13-16-14-21(17-7-5-4-6-8-17)10-11-22(15-16)18(24)20-9-12-23/h4-8,16,23H,9-15H2,1-3H3,(H,20,24)/t16-/m0/s1. The zero-order chi connectivity index (χ0) is 17.6. The molecule has 134 valence electrons. The molecule has 1 atom stereocenters. The van der Waals surface area contributed by atoms with Crippen molar-refractivity contribution < 1.29 is 9.90 Å². The summed E-state index contributed by atoms with van der Waals surface area (Å²) in [6.07, 6.45) is 1.07. The van der Waals surface area contributed by atoms with Crippen LogP contribution in [0.3, 0.4) is 0 Å². The van der Waals surface area contributed by atoms with Gasteiger partial charge < -0.3 is 20.2 Å². The number of aliphatic hydroxyl groups excluding tert-OH is 1. The number of aliphatic hydroxyl groups is 1. The Bertz CT molecular complexity index is 513. The molecule has 0 unspecified atom stereocenters. The molecular weight excluding hydrogens is 302 g/mol. The normalized spacial score (nSPS) is 19.1. The second-order valence-corrected chi connectivity index (χ2v) is 7.81. The fraction of sp³-hybridized carbons (Fsp3) is 0.632. The average Bonchev–Trinajstić information content (AvgIpc) is 2.74. The lowest BCUT2D eigenvalue weighted by atomic mass is 9.84. The first-order valence-corrected chi connectivity index (χ1v) is 8.83. The van der Waals surface area contributed by atoms with Gasteiger partial charge in [0.2, 0.25) is 0 Å². The second kappa shape index (κ2) is 8.38. The van der Waals surface area contributed by atoms with Crippen LogP contribution >= 0.6 is 0 Å². The molecule has 0 radical (unpaired) electrons. The van der Waals surface area contributed by atoms with Gasteiger partial charge in [0.1, 0.15) is 0 Å². The molecule has 1 aliphatic rings. The van der Waals surface area contributed by atoms with Crippen molar-refractivity contribution in [2.24, 2.45) is 11.3 Å². The predicted octanol–water partition coefficient (Wildman–Crippen LogP) is 2.56. The van der Waals surface area contributed by atoms with Crippen LogP contribution in [-0.2, 0) is 0 Å². The number of hydrogen-bond donors (Lipinski definition) is 2. The minimum atomic E-state index is -0.0714. The molecule has 1 fully saturated rings. The summed E-state index contributed by atoms with van der Waals surface area (Å²) in [4.78, 5) is 16.6. The van der Waals surface area contributed by atoms with E-state index in [4.69, 9.17) is 5.11 Å². The summed E-state index contributed by atoms with van der Waals surface area (Å²) < 4.78 is 0. The first kappa shape index (κ1) is 18.6. The van der Waals surface area contributed by atoms with E-state index in [1.807, 2.05) is 11.0 Å². The van der Waals surface area contributed by atoms with Crippen LogP contribution in [0.25, 0.3) is 0 Å². The third-order valence-electron chi connectivity index (χ3n) is 4.29. The molecule has 1 saturated heterocycles. The molecule has 1 aromatic rings. The molecule has 2 rings (SSSR count). The topological polar surface area (TPSA) is 55.8 Å². The lowest BCUT2D eigenvalue weighted by molar-refractivity contribution is 0.181. The van der Waals surface area contributed by atoms with Crippen LogP contribution in [0.2, 0.25) is 0 Å². The molecule has 2 N–H and O–H groups in total. The average molecular weight is 333 g/mol. The van der Waals surface area contributed by atoms with Crippen molar-refractivity contribution in [3.63, 3.8) is 0 Å². The number of hydrogen-bond acceptors (Lipinski definition) is 3. The first-order valence-electron chi connectivity index (χ1n) is 8.83. The van der Waals surface area contributed by atoms with Gasteiger partial charge in [-0.15, -0.1) is 0 Å². The largest absolute Gasteiger partial charge is 0.395 e. The van der Waals surface area contributed by atoms with E-state index in [0.717, 1.165) is 26.1 Å². The maximum absolute atomic E-state index is 12.3. The fourth-order valence-corrected chi connectivity index (χ4v) is 3.43. The molecule has 5 heteroatoms. The summed E-state index contributed by atoms with van der Waals surface area (Å²) >= 11 is 0. The minimum absolute atomic E-state index is 0.0266. The van der Waals surface area contributed by atoms with Gasteiger partial charge in [0, 0.05) is 38.4 Å². The smallest absolute Gasteiger partial charge is 0.317 e. The number of carbonyl (C=O) groups excluding carboxylic acids is 1. The van der Waals surface area contributed by atoms with E-state index in [1.165, 1.54) is 5.69 Å². The summed E-state index contributed by atoms with van der Waals surface area (Å²) in [5.41, 5.74) is 1.44. The highest BCUT2D eigenvalue weighted by Crippen LogP contribution is 2.28. The van der Waals surface area contributed by atoms with Gasteiger partial charge in [-0.3, -0.25) is 0 Å². The summed E-state index contributed by atoms with van der Waals surface area (Å²) in [5.74, 6) is 0.424. The number of anilines is 1. The Kier molecular flexibility index (Phi) is 6.49. The van der Waals surface area contributed by atoms with Gasteiger partial charge >= 0.3 is 6.03 Å². The Hall–Kier alpha value is -1.75. The van der Waals surface area contributed by atoms with Crippen LogP contribution in [0.4, 0.5) is 10.5 Å². The van der Waals surface area contributed by atoms with Gasteiger partial charge in [0.05, 0.1) is 6.61 Å². The highest BCUT2D eigenvalue weighted by atomic mass is 16.3. The number of amides is 2. The summed E-state index contributed by atoms with van der Waals surface area (Å²) in [7, 11) is 0. The maximum Gasteiger partial charge on any atom is 0.317 e. The summed E-state index contributed by atoms with van der Waals surface area (Å²) in [5, 5.41) is 11.7. The van der Waals surface area contributed by atoms with Crippen LogP contribution in [0.1, 0.15) is 27.2 Å². The van der Waals surface area contributed by atoms with E-state index in [1.54, 1.807) is 0 Å². The number of nitrogens with zero attached hydrogens (tertiary/aromatic N) is 2. The number of urea groups is 1. The zero-order valence-corrected chi connectivity index (χ0v) is 15.2. The Morgan fingerprint density at radius 2 is 1.92 bits per heavy atom. The van der Waals surface area contributed by atoms with E-state index in [-0.39, 0.29) is 18.1 Å². The Morgan fingerprint density at radius 3 is 2.54 bits per heavy atom. The molecular formula is C19H31N3O2. The molecule has 24 heavy (non-hydrogen) atoms. The van der Waals surface area contributed by atoms with Crippen LogP contribution in [0, 0.1) is 11.3 Å². The van der Waals surface area contributed by atoms with Crippen LogP contribution in [0.15, 0.2) is 30.3 Å². The minimum Gasteiger partial charge on any atom is -0.395 e. The molecule has 1 aromatic carbocycles. The molecule has 0 bridgehead atoms. The molecule has 1 heterocycles. The maximum atomic E-state index is 12.3. The lowest BCUT2D eigenvalue weighted by Crippen LogP contribution is -2.44. The van der Waals surface area contributed by atoms with Crippen molar-refractivity contribution in [2.75, 3.05) is 44.2 Å². The van der Waals surface area contributed by atoms with E-state index < -0.39 is 0 Å². The molecule has 1 aliphatic heterocycles. The van der Waals surface area contributed by atoms with Crippen molar-refractivity contribution in [2.45, 2.75) is 27.2 Å². The highest BCUT2D eigenvalue weighted by Gasteiger charge is 2.28. The molecule has 5 nitrogen and oxygen atoms in total. The van der Waals surface area contributed by atoms with Gasteiger partial charge in [-0.25, -0.2) is 4.79 Å². The van der Waals surface area contributed by atoms with Gasteiger partial charge in [0.15, 0.2) is 0 Å². The predicted molar refractivity (Wildman–Crippen MR) is 98.3 cm³/mol. The number of benzene rings is 1. The van der Waals surface area contributed by atoms with E-state index in [0.29, 0.717) is 19.0 Å². The first-order chi connectivity index (χ1) is 11.4. The van der Waals surface area contributed by atoms with Crippen molar-refractivity contribution in [3.05, 3.63) is 30.3 Å². The lowest BCUT2D eigenvalue weighted by Gasteiger charge is -2.30. The van der Waals surface area contributed by atoms with Gasteiger partial charge in [-0.1, -0.05) is 39.0 Å². The molecule has 0 spiro atoms. The summed E-state index contributed by atoms with van der Waals surface area (Å²) in [6.45, 7) is 10.3. The SMILES string of the molecule is CC(C)(C)C[C@@H]1CN(C(=O)NCCO)CCN(c2ccccc2)C1. The van der Waals surface area contributed by atoms with Crippen molar-refractivity contribution >= 4 is 11.7 Å². The number of nitrogens with one attached hydrogen (secondary N) is 1. The quantitative estimate of drug-likeness (QED) is 0.890. The van der Waals surface area contributed by atoms with Crippen molar-refractivity contribution in [1.29, 1.82) is 0 Å². The molecule has 0 aromatic heterocycles. The summed E-state index contributed by atoms with van der Waals surface area (Å²) in [6, 6.07) is 10.3. The van der Waals surface area contributed by atoms with Gasteiger partial charge in [-0.2, -0.15) is 0 Å². The number of carbonyl (C=O) groups is 1. The molecule has 0 saturated carbocycles. The fourth-order valence-electron chi connectivity index (χ4n) is 3.43. The van der Waals surface area contributed by atoms with Crippen LogP contribution in [-0.4, -0.2) is 55.4 Å². The monoisotopic (exact) mass is 333 g/mol. The van der Waals surface area contributed by atoms with Gasteiger partial charge in [-0.05, 0) is 29.9 Å². The third kappa shape index (κ3) is 5.71. The van der Waals surface area contributed by atoms with E-state index in [2.05, 4.69) is 55.3 Å². The molecule has 0 aliphatic carbocycles. The third-order valence-corrected chi connectivity index (χ3v) is 4.29. The number of rotatable bonds is 4. The van der Waals surface area contributed by atoms with Crippen molar-refractivity contribution in [3.8, 4) is 0 Å². The number of para-hydroxylation sites is 1. The van der Waals surface area contributed by atoms with Crippen LogP contribution < -0.4 is 10.2 Å². The highest BCUT2D eigenvalue weighted by molar-refractivity contribution is 5.74. The van der Waals surface area contributed by atoms with Crippen molar-refractivity contribution in [1.82, 2.24) is 10.2 Å². The Labute approximate surface area is 145 Å². The molecule has 2 amide bonds. The zero-order valence-electron chi connectivity index (χ0n) is 15.2.